The minimum absolute atomic E-state index is 0.0666. The summed E-state index contributed by atoms with van der Waals surface area (Å²) >= 11 is 0. The van der Waals surface area contributed by atoms with E-state index < -0.39 is 10.1 Å². The molecule has 26 heavy (non-hydrogen) atoms. The van der Waals surface area contributed by atoms with Gasteiger partial charge in [-0.25, -0.2) is 4.79 Å². The summed E-state index contributed by atoms with van der Waals surface area (Å²) in [5.74, 6) is -0.356. The maximum atomic E-state index is 11.0. The minimum Gasteiger partial charge on any atom is -0.460 e. The van der Waals surface area contributed by atoms with Crippen LogP contribution < -0.4 is 0 Å². The average molecular weight is 389 g/mol. The highest BCUT2D eigenvalue weighted by atomic mass is 32.2. The number of hydrogen-bond donors (Lipinski definition) is 1. The number of rotatable bonds is 8. The molecule has 7 nitrogen and oxygen atoms in total. The number of esters is 1. The van der Waals surface area contributed by atoms with E-state index >= 15 is 0 Å². The summed E-state index contributed by atoms with van der Waals surface area (Å²) in [4.78, 5) is 10.9. The van der Waals surface area contributed by atoms with Crippen LogP contribution in [0.3, 0.4) is 0 Å². The van der Waals surface area contributed by atoms with Crippen molar-refractivity contribution in [2.75, 3.05) is 47.5 Å². The molecule has 0 saturated heterocycles. The van der Waals surface area contributed by atoms with Crippen LogP contribution in [0.5, 0.6) is 0 Å². The van der Waals surface area contributed by atoms with E-state index in [9.17, 15) is 13.2 Å². The average Bonchev–Trinajstić information content (AvgIpc) is 2.49. The Morgan fingerprint density at radius 1 is 1.12 bits per heavy atom. The Kier molecular flexibility index (Phi) is 10.3. The van der Waals surface area contributed by atoms with Gasteiger partial charge in [-0.1, -0.05) is 24.3 Å². The molecule has 0 aromatic heterocycles. The molecule has 0 fully saturated rings. The van der Waals surface area contributed by atoms with Crippen LogP contribution >= 0.6 is 0 Å². The van der Waals surface area contributed by atoms with Gasteiger partial charge in [0.1, 0.15) is 13.2 Å². The van der Waals surface area contributed by atoms with Gasteiger partial charge in [-0.2, -0.15) is 8.42 Å². The van der Waals surface area contributed by atoms with E-state index in [2.05, 4.69) is 27.7 Å². The molecule has 1 rings (SSSR count). The Morgan fingerprint density at radius 2 is 1.65 bits per heavy atom. The second-order valence-corrected chi connectivity index (χ2v) is 8.25. The minimum atomic E-state index is -4.02. The highest BCUT2D eigenvalue weighted by Gasteiger charge is 2.07. The number of hydrogen-bond acceptors (Lipinski definition) is 5. The van der Waals surface area contributed by atoms with Gasteiger partial charge in [0.05, 0.1) is 39.3 Å². The van der Waals surface area contributed by atoms with Crippen molar-refractivity contribution in [3.63, 3.8) is 0 Å². The summed E-state index contributed by atoms with van der Waals surface area (Å²) in [5.41, 5.74) is 1.37. The number of nitrogens with zero attached hydrogens (tertiary/aromatic N) is 1. The standard InChI is InChI=1S/C11H22NO3.C7H8O3S/c1-10(2)11(13)15-9-8-14-7-6-12(3,4)5;1-6-2-4-7(5-3-6)11(8,9)10/h1,6-9H2,2-5H3;2-5H,1H3,(H,8,9,10)/q+1;. The van der Waals surface area contributed by atoms with E-state index in [1.807, 2.05) is 6.92 Å². The van der Waals surface area contributed by atoms with E-state index in [0.717, 1.165) is 16.6 Å². The molecule has 0 atom stereocenters. The lowest BCUT2D eigenvalue weighted by Gasteiger charge is -2.23. The molecule has 0 aliphatic rings. The Bertz CT molecular complexity index is 675. The predicted molar refractivity (Wildman–Crippen MR) is 100 cm³/mol. The third-order valence-electron chi connectivity index (χ3n) is 3.03. The zero-order valence-corrected chi connectivity index (χ0v) is 17.0. The molecule has 8 heteroatoms. The Balaban J connectivity index is 0.000000502. The van der Waals surface area contributed by atoms with E-state index in [-0.39, 0.29) is 10.9 Å². The maximum Gasteiger partial charge on any atom is 0.333 e. The predicted octanol–water partition coefficient (Wildman–Crippen LogP) is 2.07. The Morgan fingerprint density at radius 3 is 2.08 bits per heavy atom. The summed E-state index contributed by atoms with van der Waals surface area (Å²) < 4.78 is 40.6. The largest absolute Gasteiger partial charge is 0.460 e. The first kappa shape index (κ1) is 24.3. The summed E-state index contributed by atoms with van der Waals surface area (Å²) in [6.07, 6.45) is 0. The molecule has 0 unspecified atom stereocenters. The fourth-order valence-corrected chi connectivity index (χ4v) is 1.95. The summed E-state index contributed by atoms with van der Waals surface area (Å²) in [7, 11) is 2.29. The first-order valence-electron chi connectivity index (χ1n) is 8.08. The molecule has 1 aromatic carbocycles. The maximum absolute atomic E-state index is 11.0. The van der Waals surface area contributed by atoms with Gasteiger partial charge in [-0.05, 0) is 26.0 Å². The van der Waals surface area contributed by atoms with Crippen molar-refractivity contribution >= 4 is 16.1 Å². The molecule has 0 heterocycles. The number of likely N-dealkylation sites (N-methyl/N-ethyl adjacent to an activating group) is 1. The molecule has 1 aromatic rings. The van der Waals surface area contributed by atoms with E-state index in [4.69, 9.17) is 14.0 Å². The monoisotopic (exact) mass is 388 g/mol. The van der Waals surface area contributed by atoms with Crippen molar-refractivity contribution in [2.24, 2.45) is 0 Å². The number of quaternary nitrogens is 1. The van der Waals surface area contributed by atoms with Crippen molar-refractivity contribution in [1.82, 2.24) is 0 Å². The first-order valence-corrected chi connectivity index (χ1v) is 9.52. The normalized spacial score (nSPS) is 11.3. The zero-order chi connectivity index (χ0) is 20.4. The van der Waals surface area contributed by atoms with Gasteiger partial charge in [0.15, 0.2) is 0 Å². The quantitative estimate of drug-likeness (QED) is 0.241. The van der Waals surface area contributed by atoms with Gasteiger partial charge >= 0.3 is 5.97 Å². The highest BCUT2D eigenvalue weighted by Crippen LogP contribution is 2.08. The highest BCUT2D eigenvalue weighted by molar-refractivity contribution is 7.85. The van der Waals surface area contributed by atoms with Crippen molar-refractivity contribution in [1.29, 1.82) is 0 Å². The van der Waals surface area contributed by atoms with Gasteiger partial charge in [0.2, 0.25) is 0 Å². The third kappa shape index (κ3) is 12.6. The van der Waals surface area contributed by atoms with Crippen LogP contribution in [0.1, 0.15) is 12.5 Å². The number of carbonyl (C=O) groups is 1. The van der Waals surface area contributed by atoms with E-state index in [0.29, 0.717) is 25.4 Å². The fraction of sp³-hybridized carbons (Fsp3) is 0.500. The Labute approximate surface area is 156 Å². The molecule has 1 N–H and O–H groups in total. The van der Waals surface area contributed by atoms with Crippen molar-refractivity contribution in [3.05, 3.63) is 42.0 Å². The zero-order valence-electron chi connectivity index (χ0n) is 16.2. The molecule has 0 radical (unpaired) electrons. The number of aryl methyl sites for hydroxylation is 1. The molecular weight excluding hydrogens is 358 g/mol. The van der Waals surface area contributed by atoms with Gasteiger partial charge in [-0.3, -0.25) is 4.55 Å². The van der Waals surface area contributed by atoms with Gasteiger partial charge < -0.3 is 14.0 Å². The van der Waals surface area contributed by atoms with Gasteiger partial charge in [0.25, 0.3) is 10.1 Å². The van der Waals surface area contributed by atoms with Crippen LogP contribution in [0.4, 0.5) is 0 Å². The van der Waals surface area contributed by atoms with Crippen LogP contribution in [-0.4, -0.2) is 70.9 Å². The molecule has 0 bridgehead atoms. The van der Waals surface area contributed by atoms with Crippen molar-refractivity contribution in [2.45, 2.75) is 18.7 Å². The molecular formula is C18H30NO6S+. The number of ether oxygens (including phenoxy) is 2. The SMILES string of the molecule is C=C(C)C(=O)OCCOCC[N+](C)(C)C.Cc1ccc(S(=O)(=O)O)cc1. The van der Waals surface area contributed by atoms with E-state index in [1.54, 1.807) is 19.1 Å². The lowest BCUT2D eigenvalue weighted by atomic mass is 10.2. The molecule has 0 aliphatic carbocycles. The van der Waals surface area contributed by atoms with Crippen LogP contribution in [-0.2, 0) is 24.4 Å². The number of carbonyl (C=O) groups excluding carboxylic acids is 1. The molecule has 0 saturated carbocycles. The Hall–Kier alpha value is -1.74. The second-order valence-electron chi connectivity index (χ2n) is 6.83. The molecule has 0 spiro atoms. The second kappa shape index (κ2) is 11.1. The van der Waals surface area contributed by atoms with Gasteiger partial charge in [-0.15, -0.1) is 0 Å². The number of benzene rings is 1. The van der Waals surface area contributed by atoms with E-state index in [1.165, 1.54) is 12.1 Å². The molecule has 148 valence electrons. The smallest absolute Gasteiger partial charge is 0.333 e. The van der Waals surface area contributed by atoms with Gasteiger partial charge in [0, 0.05) is 5.57 Å². The van der Waals surface area contributed by atoms with Crippen LogP contribution in [0.2, 0.25) is 0 Å². The summed E-state index contributed by atoms with van der Waals surface area (Å²) in [6, 6.07) is 5.99. The van der Waals surface area contributed by atoms with Crippen LogP contribution in [0, 0.1) is 6.92 Å². The van der Waals surface area contributed by atoms with Crippen LogP contribution in [0.25, 0.3) is 0 Å². The van der Waals surface area contributed by atoms with Crippen molar-refractivity contribution < 1.29 is 31.7 Å². The van der Waals surface area contributed by atoms with Crippen molar-refractivity contribution in [3.8, 4) is 0 Å². The molecule has 0 aliphatic heterocycles. The fourth-order valence-electron chi connectivity index (χ4n) is 1.47. The lowest BCUT2D eigenvalue weighted by molar-refractivity contribution is -0.870. The third-order valence-corrected chi connectivity index (χ3v) is 3.90. The molecule has 0 amide bonds. The first-order chi connectivity index (χ1) is 11.8. The topological polar surface area (TPSA) is 89.9 Å². The summed E-state index contributed by atoms with van der Waals surface area (Å²) in [6.45, 7) is 9.30. The summed E-state index contributed by atoms with van der Waals surface area (Å²) in [5, 5.41) is 0. The lowest BCUT2D eigenvalue weighted by Crippen LogP contribution is -2.37. The van der Waals surface area contributed by atoms with Crippen LogP contribution in [0.15, 0.2) is 41.3 Å².